The topological polar surface area (TPSA) is 36.7 Å². The average Bonchev–Trinajstić information content (AvgIpc) is 3.24. The fraction of sp³-hybridized carbons (Fsp3) is 0.0476. The highest BCUT2D eigenvalue weighted by Crippen LogP contribution is 2.35. The number of rotatable bonds is 3. The van der Waals surface area contributed by atoms with Gasteiger partial charge in [-0.25, -0.2) is 0 Å². The van der Waals surface area contributed by atoms with Crippen LogP contribution >= 0.6 is 35.4 Å². The molecular formula is C21H14Cl2N2O2S. The predicted molar refractivity (Wildman–Crippen MR) is 116 cm³/mol. The number of furan rings is 1. The number of benzene rings is 2. The molecule has 0 N–H and O–H groups in total. The van der Waals surface area contributed by atoms with Crippen molar-refractivity contribution in [1.29, 1.82) is 0 Å². The van der Waals surface area contributed by atoms with Crippen LogP contribution in [-0.2, 0) is 4.79 Å². The number of likely N-dealkylation sites (N-methyl/N-ethyl adjacent to an activating group) is 1. The minimum atomic E-state index is -0.211. The van der Waals surface area contributed by atoms with Gasteiger partial charge in [-0.1, -0.05) is 47.5 Å². The Hall–Kier alpha value is -2.60. The van der Waals surface area contributed by atoms with Crippen molar-refractivity contribution in [2.24, 2.45) is 0 Å². The first kappa shape index (κ1) is 18.7. The van der Waals surface area contributed by atoms with Gasteiger partial charge in [0.25, 0.3) is 5.91 Å². The zero-order valence-corrected chi connectivity index (χ0v) is 17.1. The zero-order valence-electron chi connectivity index (χ0n) is 14.7. The number of thiocarbonyl (C=S) groups is 1. The van der Waals surface area contributed by atoms with Crippen LogP contribution in [0.1, 0.15) is 5.76 Å². The van der Waals surface area contributed by atoms with Gasteiger partial charge >= 0.3 is 0 Å². The van der Waals surface area contributed by atoms with Crippen molar-refractivity contribution in [3.05, 3.63) is 82.2 Å². The third-order valence-electron chi connectivity index (χ3n) is 4.40. The Bertz CT molecular complexity index is 1110. The Morgan fingerprint density at radius 1 is 1.00 bits per heavy atom. The van der Waals surface area contributed by atoms with Gasteiger partial charge in [-0.3, -0.25) is 9.69 Å². The molecule has 28 heavy (non-hydrogen) atoms. The fourth-order valence-electron chi connectivity index (χ4n) is 2.97. The average molecular weight is 429 g/mol. The zero-order chi connectivity index (χ0) is 19.8. The van der Waals surface area contributed by atoms with Crippen molar-refractivity contribution < 1.29 is 9.21 Å². The van der Waals surface area contributed by atoms with Gasteiger partial charge in [0.2, 0.25) is 0 Å². The maximum atomic E-state index is 13.0. The number of hydrogen-bond acceptors (Lipinski definition) is 3. The quantitative estimate of drug-likeness (QED) is 0.386. The van der Waals surface area contributed by atoms with Gasteiger partial charge in [-0.05, 0) is 48.6 Å². The largest absolute Gasteiger partial charge is 0.457 e. The summed E-state index contributed by atoms with van der Waals surface area (Å²) in [7, 11) is 1.76. The standard InChI is InChI=1S/C21H14Cl2N2O2S/c1-24-17(20(26)25(21(24)28)13-6-3-2-4-7-13)12-14-10-11-18(27-14)15-8-5-9-16(22)19(15)23/h2-12H,1H3/b17-12-. The molecule has 0 radical (unpaired) electrons. The van der Waals surface area contributed by atoms with Gasteiger partial charge < -0.3 is 9.32 Å². The molecule has 4 rings (SSSR count). The van der Waals surface area contributed by atoms with Crippen LogP contribution in [0.15, 0.2) is 70.8 Å². The van der Waals surface area contributed by atoms with E-state index in [9.17, 15) is 4.79 Å². The van der Waals surface area contributed by atoms with Crippen molar-refractivity contribution in [1.82, 2.24) is 4.90 Å². The molecule has 0 unspecified atom stereocenters. The number of carbonyl (C=O) groups excluding carboxylic acids is 1. The SMILES string of the molecule is CN1C(=S)N(c2ccccc2)C(=O)/C1=C/c1ccc(-c2cccc(Cl)c2Cl)o1. The van der Waals surface area contributed by atoms with Crippen LogP contribution < -0.4 is 4.90 Å². The summed E-state index contributed by atoms with van der Waals surface area (Å²) in [6.07, 6.45) is 1.67. The molecule has 0 saturated carbocycles. The first-order valence-electron chi connectivity index (χ1n) is 8.40. The van der Waals surface area contributed by atoms with Crippen LogP contribution in [0.2, 0.25) is 10.0 Å². The molecule has 1 fully saturated rings. The molecule has 1 aliphatic rings. The molecule has 1 aliphatic heterocycles. The number of carbonyl (C=O) groups is 1. The summed E-state index contributed by atoms with van der Waals surface area (Å²) < 4.78 is 5.88. The number of hydrogen-bond donors (Lipinski definition) is 0. The highest BCUT2D eigenvalue weighted by Gasteiger charge is 2.36. The summed E-state index contributed by atoms with van der Waals surface area (Å²) in [5.41, 5.74) is 1.83. The summed E-state index contributed by atoms with van der Waals surface area (Å²) in [5.74, 6) is 0.867. The van der Waals surface area contributed by atoms with Crippen LogP contribution in [0.4, 0.5) is 5.69 Å². The molecule has 1 amide bonds. The second-order valence-electron chi connectivity index (χ2n) is 6.15. The van der Waals surface area contributed by atoms with E-state index in [4.69, 9.17) is 39.8 Å². The Balaban J connectivity index is 1.68. The Kier molecular flexibility index (Phi) is 4.98. The molecule has 0 bridgehead atoms. The highest BCUT2D eigenvalue weighted by molar-refractivity contribution is 7.80. The van der Waals surface area contributed by atoms with Crippen molar-refractivity contribution in [2.75, 3.05) is 11.9 Å². The third-order valence-corrected chi connectivity index (χ3v) is 5.67. The molecule has 4 nitrogen and oxygen atoms in total. The van der Waals surface area contributed by atoms with Crippen molar-refractivity contribution in [3.63, 3.8) is 0 Å². The maximum absolute atomic E-state index is 13.0. The first-order chi connectivity index (χ1) is 13.5. The molecule has 7 heteroatoms. The number of anilines is 1. The fourth-order valence-corrected chi connectivity index (χ4v) is 3.65. The Morgan fingerprint density at radius 2 is 1.75 bits per heavy atom. The van der Waals surface area contributed by atoms with E-state index in [0.717, 1.165) is 5.69 Å². The van der Waals surface area contributed by atoms with E-state index in [0.29, 0.717) is 37.9 Å². The molecule has 3 aromatic rings. The number of nitrogens with zero attached hydrogens (tertiary/aromatic N) is 2. The summed E-state index contributed by atoms with van der Waals surface area (Å²) >= 11 is 17.8. The lowest BCUT2D eigenvalue weighted by Crippen LogP contribution is -2.30. The van der Waals surface area contributed by atoms with E-state index in [-0.39, 0.29) is 5.91 Å². The van der Waals surface area contributed by atoms with E-state index >= 15 is 0 Å². The van der Waals surface area contributed by atoms with Gasteiger partial charge in [-0.15, -0.1) is 0 Å². The van der Waals surface area contributed by atoms with Crippen LogP contribution in [-0.4, -0.2) is 23.0 Å². The van der Waals surface area contributed by atoms with Crippen LogP contribution in [0, 0.1) is 0 Å². The lowest BCUT2D eigenvalue weighted by molar-refractivity contribution is -0.114. The summed E-state index contributed by atoms with van der Waals surface area (Å²) in [4.78, 5) is 16.1. The van der Waals surface area contributed by atoms with Gasteiger partial charge in [0, 0.05) is 18.7 Å². The lowest BCUT2D eigenvalue weighted by Gasteiger charge is -2.16. The third kappa shape index (κ3) is 3.22. The number of para-hydroxylation sites is 1. The molecule has 0 spiro atoms. The molecule has 0 atom stereocenters. The monoisotopic (exact) mass is 428 g/mol. The normalized spacial score (nSPS) is 15.8. The molecule has 140 valence electrons. The van der Waals surface area contributed by atoms with Crippen molar-refractivity contribution in [3.8, 4) is 11.3 Å². The van der Waals surface area contributed by atoms with Crippen molar-refractivity contribution in [2.45, 2.75) is 0 Å². The highest BCUT2D eigenvalue weighted by atomic mass is 35.5. The molecule has 2 aromatic carbocycles. The van der Waals surface area contributed by atoms with E-state index in [1.165, 1.54) is 4.90 Å². The summed E-state index contributed by atoms with van der Waals surface area (Å²) in [5, 5.41) is 1.28. The number of amides is 1. The molecule has 1 saturated heterocycles. The lowest BCUT2D eigenvalue weighted by atomic mass is 10.2. The van der Waals surface area contributed by atoms with Crippen molar-refractivity contribution >= 4 is 58.2 Å². The minimum Gasteiger partial charge on any atom is -0.457 e. The summed E-state index contributed by atoms with van der Waals surface area (Å²) in [6, 6.07) is 18.2. The van der Waals surface area contributed by atoms with Gasteiger partial charge in [0.15, 0.2) is 5.11 Å². The molecule has 1 aromatic heterocycles. The van der Waals surface area contributed by atoms with Gasteiger partial charge in [0.1, 0.15) is 17.2 Å². The van der Waals surface area contributed by atoms with Crippen LogP contribution in [0.5, 0.6) is 0 Å². The summed E-state index contributed by atoms with van der Waals surface area (Å²) in [6.45, 7) is 0. The predicted octanol–water partition coefficient (Wildman–Crippen LogP) is 5.86. The smallest absolute Gasteiger partial charge is 0.281 e. The molecule has 0 aliphatic carbocycles. The van der Waals surface area contributed by atoms with Crippen LogP contribution in [0.25, 0.3) is 17.4 Å². The van der Waals surface area contributed by atoms with E-state index in [1.54, 1.807) is 42.3 Å². The van der Waals surface area contributed by atoms with Crippen LogP contribution in [0.3, 0.4) is 0 Å². The minimum absolute atomic E-state index is 0.211. The second-order valence-corrected chi connectivity index (χ2v) is 7.30. The molecule has 2 heterocycles. The number of halogens is 2. The first-order valence-corrected chi connectivity index (χ1v) is 9.57. The van der Waals surface area contributed by atoms with Gasteiger partial charge in [0.05, 0.1) is 15.7 Å². The van der Waals surface area contributed by atoms with E-state index in [2.05, 4.69) is 0 Å². The van der Waals surface area contributed by atoms with E-state index < -0.39 is 0 Å². The maximum Gasteiger partial charge on any atom is 0.281 e. The Labute approximate surface area is 177 Å². The second kappa shape index (κ2) is 7.43. The van der Waals surface area contributed by atoms with Gasteiger partial charge in [-0.2, -0.15) is 0 Å². The van der Waals surface area contributed by atoms with E-state index in [1.807, 2.05) is 36.4 Å². The molecular weight excluding hydrogens is 415 g/mol. The Morgan fingerprint density at radius 3 is 2.50 bits per heavy atom.